The molecule has 0 radical (unpaired) electrons. The number of aliphatic carboxylic acids is 1. The highest BCUT2D eigenvalue weighted by Crippen LogP contribution is 2.44. The molecule has 10 nitrogen and oxygen atoms in total. The Bertz CT molecular complexity index is 962. The van der Waals surface area contributed by atoms with Crippen molar-refractivity contribution in [2.45, 2.75) is 89.0 Å². The predicted molar refractivity (Wildman–Crippen MR) is 132 cm³/mol. The van der Waals surface area contributed by atoms with Gasteiger partial charge in [-0.3, -0.25) is 9.59 Å². The summed E-state index contributed by atoms with van der Waals surface area (Å²) in [5.74, 6) is -2.19. The SMILES string of the molecule is CC(N)C(=O)N1C[C@H](CCCB2OC(C)(C)C(C)(C)O2)[C@](N=[N+]=[N-])(C(=O)O)C1Cc1ccccc1. The second-order valence-electron chi connectivity index (χ2n) is 10.6. The van der Waals surface area contributed by atoms with Gasteiger partial charge in [-0.05, 0) is 64.9 Å². The number of likely N-dealkylation sites (tertiary alicyclic amines) is 1. The molecule has 2 aliphatic rings. The van der Waals surface area contributed by atoms with Gasteiger partial charge in [-0.25, -0.2) is 0 Å². The molecule has 4 atom stereocenters. The van der Waals surface area contributed by atoms with Crippen molar-refractivity contribution in [3.05, 3.63) is 46.3 Å². The smallest absolute Gasteiger partial charge is 0.457 e. The van der Waals surface area contributed by atoms with Crippen molar-refractivity contribution in [1.29, 1.82) is 0 Å². The van der Waals surface area contributed by atoms with Crippen LogP contribution in [-0.2, 0) is 25.3 Å². The fourth-order valence-corrected chi connectivity index (χ4v) is 5.13. The Kier molecular flexibility index (Phi) is 7.86. The fourth-order valence-electron chi connectivity index (χ4n) is 5.13. The molecule has 11 heteroatoms. The van der Waals surface area contributed by atoms with Crippen LogP contribution in [0.5, 0.6) is 0 Å². The fraction of sp³-hybridized carbons (Fsp3) is 0.667. The van der Waals surface area contributed by atoms with E-state index in [0.29, 0.717) is 19.2 Å². The number of azide groups is 1. The Labute approximate surface area is 206 Å². The third kappa shape index (κ3) is 5.18. The van der Waals surface area contributed by atoms with Gasteiger partial charge < -0.3 is 25.0 Å². The number of carboxylic acid groups (broad SMARTS) is 1. The van der Waals surface area contributed by atoms with Crippen molar-refractivity contribution in [2.24, 2.45) is 16.8 Å². The van der Waals surface area contributed by atoms with E-state index in [-0.39, 0.29) is 18.9 Å². The first-order valence-electron chi connectivity index (χ1n) is 12.1. The molecule has 2 saturated heterocycles. The summed E-state index contributed by atoms with van der Waals surface area (Å²) < 4.78 is 12.1. The van der Waals surface area contributed by atoms with E-state index < -0.39 is 47.8 Å². The molecule has 0 aromatic heterocycles. The molecule has 0 bridgehead atoms. The highest BCUT2D eigenvalue weighted by atomic mass is 16.7. The number of carboxylic acids is 1. The topological polar surface area (TPSA) is 151 Å². The summed E-state index contributed by atoms with van der Waals surface area (Å²) in [6.07, 6.45) is 1.79. The molecule has 1 aromatic rings. The van der Waals surface area contributed by atoms with Gasteiger partial charge >= 0.3 is 13.1 Å². The van der Waals surface area contributed by atoms with Crippen LogP contribution in [0.1, 0.15) is 53.0 Å². The Hall–Kier alpha value is -2.59. The van der Waals surface area contributed by atoms with Crippen LogP contribution in [-0.4, -0.2) is 64.4 Å². The number of carbonyl (C=O) groups is 2. The molecule has 3 rings (SSSR count). The van der Waals surface area contributed by atoms with Crippen LogP contribution in [0.3, 0.4) is 0 Å². The van der Waals surface area contributed by atoms with Gasteiger partial charge in [0.1, 0.15) is 0 Å². The maximum absolute atomic E-state index is 13.1. The van der Waals surface area contributed by atoms with Crippen molar-refractivity contribution in [3.63, 3.8) is 0 Å². The normalized spacial score (nSPS) is 27.9. The van der Waals surface area contributed by atoms with Gasteiger partial charge in [0.15, 0.2) is 5.54 Å². The Morgan fingerprint density at radius 2 is 1.86 bits per heavy atom. The van der Waals surface area contributed by atoms with Gasteiger partial charge in [0.25, 0.3) is 0 Å². The lowest BCUT2D eigenvalue weighted by molar-refractivity contribution is -0.146. The zero-order valence-corrected chi connectivity index (χ0v) is 21.2. The van der Waals surface area contributed by atoms with Gasteiger partial charge in [-0.2, -0.15) is 0 Å². The quantitative estimate of drug-likeness (QED) is 0.237. The third-order valence-corrected chi connectivity index (χ3v) is 7.72. The lowest BCUT2D eigenvalue weighted by Gasteiger charge is -2.34. The second-order valence-corrected chi connectivity index (χ2v) is 10.6. The Balaban J connectivity index is 1.88. The minimum atomic E-state index is -1.81. The molecule has 2 heterocycles. The molecule has 35 heavy (non-hydrogen) atoms. The number of nitrogens with two attached hydrogens (primary N) is 1. The van der Waals surface area contributed by atoms with E-state index >= 15 is 0 Å². The Morgan fingerprint density at radius 3 is 2.37 bits per heavy atom. The molecule has 3 N–H and O–H groups in total. The zero-order chi connectivity index (χ0) is 26.0. The number of amides is 1. The van der Waals surface area contributed by atoms with E-state index in [9.17, 15) is 20.2 Å². The van der Waals surface area contributed by atoms with E-state index in [0.717, 1.165) is 5.56 Å². The van der Waals surface area contributed by atoms with Gasteiger partial charge in [0.2, 0.25) is 5.91 Å². The molecule has 2 fully saturated rings. The largest absolute Gasteiger partial charge is 0.481 e. The summed E-state index contributed by atoms with van der Waals surface area (Å²) in [7, 11) is -0.415. The second kappa shape index (κ2) is 10.2. The summed E-state index contributed by atoms with van der Waals surface area (Å²) >= 11 is 0. The van der Waals surface area contributed by atoms with Crippen LogP contribution in [0, 0.1) is 5.92 Å². The summed E-state index contributed by atoms with van der Waals surface area (Å²) in [4.78, 5) is 30.3. The van der Waals surface area contributed by atoms with E-state index in [1.807, 2.05) is 58.0 Å². The van der Waals surface area contributed by atoms with Crippen molar-refractivity contribution in [1.82, 2.24) is 4.90 Å². The monoisotopic (exact) mass is 485 g/mol. The number of carbonyl (C=O) groups excluding carboxylic acids is 1. The number of hydrogen-bond acceptors (Lipinski definition) is 6. The molecular weight excluding hydrogens is 449 g/mol. The van der Waals surface area contributed by atoms with Crippen LogP contribution in [0.4, 0.5) is 0 Å². The summed E-state index contributed by atoms with van der Waals surface area (Å²) in [5.41, 5.74) is 13.4. The first-order chi connectivity index (χ1) is 16.4. The zero-order valence-electron chi connectivity index (χ0n) is 21.2. The van der Waals surface area contributed by atoms with E-state index in [1.165, 1.54) is 4.90 Å². The van der Waals surface area contributed by atoms with Gasteiger partial charge in [-0.1, -0.05) is 41.9 Å². The maximum atomic E-state index is 13.1. The molecule has 190 valence electrons. The number of hydrogen-bond donors (Lipinski definition) is 2. The van der Waals surface area contributed by atoms with Gasteiger partial charge in [0.05, 0.1) is 23.3 Å². The lowest BCUT2D eigenvalue weighted by Crippen LogP contribution is -2.55. The van der Waals surface area contributed by atoms with Crippen molar-refractivity contribution in [2.75, 3.05) is 6.54 Å². The molecule has 0 aliphatic carbocycles. The van der Waals surface area contributed by atoms with Gasteiger partial charge in [0, 0.05) is 17.4 Å². The third-order valence-electron chi connectivity index (χ3n) is 7.72. The van der Waals surface area contributed by atoms with Crippen molar-refractivity contribution < 1.29 is 24.0 Å². The first kappa shape index (κ1) is 27.0. The highest BCUT2D eigenvalue weighted by molar-refractivity contribution is 6.45. The highest BCUT2D eigenvalue weighted by Gasteiger charge is 2.60. The van der Waals surface area contributed by atoms with E-state index in [1.54, 1.807) is 6.92 Å². The molecule has 1 amide bonds. The summed E-state index contributed by atoms with van der Waals surface area (Å²) in [5, 5.41) is 14.3. The number of nitrogens with zero attached hydrogens (tertiary/aromatic N) is 4. The molecule has 2 aliphatic heterocycles. The standard InChI is InChI=1S/C24H36BN5O5/c1-16(26)20(31)30-15-18(12-9-13-25-34-22(2,3)23(4,5)35-25)24(21(32)33,28-29-27)19(30)14-17-10-7-6-8-11-17/h6-8,10-11,16,18-19H,9,12-15,26H2,1-5H3,(H,32,33)/t16?,18-,19?,24+/m0/s1. The summed E-state index contributed by atoms with van der Waals surface area (Å²) in [6, 6.07) is 7.61. The Morgan fingerprint density at radius 1 is 1.26 bits per heavy atom. The van der Waals surface area contributed by atoms with Crippen LogP contribution in [0.15, 0.2) is 35.4 Å². The number of benzene rings is 1. The first-order valence-corrected chi connectivity index (χ1v) is 12.1. The molecule has 0 saturated carbocycles. The molecule has 2 unspecified atom stereocenters. The van der Waals surface area contributed by atoms with Crippen LogP contribution >= 0.6 is 0 Å². The lowest BCUT2D eigenvalue weighted by atomic mass is 9.75. The minimum absolute atomic E-state index is 0.145. The molecule has 1 aromatic carbocycles. The van der Waals surface area contributed by atoms with Crippen LogP contribution in [0.2, 0.25) is 6.32 Å². The maximum Gasteiger partial charge on any atom is 0.457 e. The molecule has 0 spiro atoms. The average Bonchev–Trinajstić information content (AvgIpc) is 3.18. The van der Waals surface area contributed by atoms with E-state index in [4.69, 9.17) is 15.0 Å². The average molecular weight is 485 g/mol. The van der Waals surface area contributed by atoms with Crippen molar-refractivity contribution in [3.8, 4) is 0 Å². The van der Waals surface area contributed by atoms with Crippen LogP contribution < -0.4 is 5.73 Å². The van der Waals surface area contributed by atoms with Crippen LogP contribution in [0.25, 0.3) is 10.4 Å². The minimum Gasteiger partial charge on any atom is -0.481 e. The van der Waals surface area contributed by atoms with Crippen molar-refractivity contribution >= 4 is 19.0 Å². The molecular formula is C24H36BN5O5. The predicted octanol–water partition coefficient (Wildman–Crippen LogP) is 3.41. The summed E-state index contributed by atoms with van der Waals surface area (Å²) in [6.45, 7) is 9.63. The van der Waals surface area contributed by atoms with Gasteiger partial charge in [-0.15, -0.1) is 0 Å². The number of rotatable bonds is 9. The van der Waals surface area contributed by atoms with E-state index in [2.05, 4.69) is 10.0 Å².